The molecule has 1 aromatic heterocycles. The number of rotatable bonds is 4. The van der Waals surface area contributed by atoms with E-state index in [1.807, 2.05) is 17.9 Å². The van der Waals surface area contributed by atoms with Crippen LogP contribution in [0.1, 0.15) is 17.4 Å². The Hall–Kier alpha value is -2.37. The largest absolute Gasteiger partial charge is 0.360 e. The highest BCUT2D eigenvalue weighted by Crippen LogP contribution is 2.16. The summed E-state index contributed by atoms with van der Waals surface area (Å²) in [6.45, 7) is 7.82. The molecule has 2 amide bonds. The fraction of sp³-hybridized carbons (Fsp3) is 0.400. The van der Waals surface area contributed by atoms with E-state index in [0.29, 0.717) is 25.3 Å². The van der Waals surface area contributed by atoms with Crippen molar-refractivity contribution in [3.63, 3.8) is 0 Å². The first kappa shape index (κ1) is 15.0. The quantitative estimate of drug-likeness (QED) is 0.827. The van der Waals surface area contributed by atoms with Crippen LogP contribution >= 0.6 is 0 Å². The Kier molecular flexibility index (Phi) is 4.57. The molecule has 0 bridgehead atoms. The van der Waals surface area contributed by atoms with Crippen LogP contribution in [0.2, 0.25) is 0 Å². The van der Waals surface area contributed by atoms with E-state index in [4.69, 9.17) is 0 Å². The van der Waals surface area contributed by atoms with Gasteiger partial charge in [0.05, 0.1) is 6.54 Å². The summed E-state index contributed by atoms with van der Waals surface area (Å²) in [7, 11) is 1.72. The van der Waals surface area contributed by atoms with Crippen molar-refractivity contribution in [1.29, 1.82) is 0 Å². The number of hydrogen-bond donors (Lipinski definition) is 1. The number of nitrogens with zero attached hydrogens (tertiary/aromatic N) is 3. The minimum absolute atomic E-state index is 0.00895. The van der Waals surface area contributed by atoms with E-state index in [-0.39, 0.29) is 11.8 Å². The Morgan fingerprint density at radius 3 is 3.00 bits per heavy atom. The smallest absolute Gasteiger partial charge is 0.272 e. The Morgan fingerprint density at radius 1 is 1.57 bits per heavy atom. The molecule has 112 valence electrons. The number of carbonyl (C=O) groups excluding carboxylic acids is 2. The van der Waals surface area contributed by atoms with Crippen LogP contribution in [-0.2, 0) is 4.79 Å². The Morgan fingerprint density at radius 2 is 2.33 bits per heavy atom. The van der Waals surface area contributed by atoms with Crippen LogP contribution in [0.5, 0.6) is 0 Å². The molecule has 2 heterocycles. The lowest BCUT2D eigenvalue weighted by molar-refractivity contribution is -0.120. The molecule has 21 heavy (non-hydrogen) atoms. The summed E-state index contributed by atoms with van der Waals surface area (Å²) in [6, 6.07) is 3.55. The van der Waals surface area contributed by atoms with Crippen LogP contribution in [0, 0.1) is 0 Å². The second kappa shape index (κ2) is 6.39. The molecule has 6 nitrogen and oxygen atoms in total. The van der Waals surface area contributed by atoms with Gasteiger partial charge in [0.25, 0.3) is 5.91 Å². The zero-order valence-electron chi connectivity index (χ0n) is 12.4. The van der Waals surface area contributed by atoms with Gasteiger partial charge >= 0.3 is 0 Å². The highest BCUT2D eigenvalue weighted by Gasteiger charge is 2.19. The Bertz CT molecular complexity index is 571. The van der Waals surface area contributed by atoms with Gasteiger partial charge in [-0.2, -0.15) is 0 Å². The number of aromatic nitrogens is 1. The standard InChI is InChI=1S/C15H20N4O2/c1-11(2)9-18(3)15(21)13-8-12(4-5-16-13)19-7-6-17-14(20)10-19/h4-5,8H,1,6-7,9-10H2,2-3H3,(H,17,20). The van der Waals surface area contributed by atoms with Crippen LogP contribution in [0.3, 0.4) is 0 Å². The van der Waals surface area contributed by atoms with Gasteiger partial charge in [-0.25, -0.2) is 0 Å². The number of piperazine rings is 1. The van der Waals surface area contributed by atoms with E-state index in [2.05, 4.69) is 16.9 Å². The van der Waals surface area contributed by atoms with Crippen molar-refractivity contribution < 1.29 is 9.59 Å². The van der Waals surface area contributed by atoms with Gasteiger partial charge in [0.15, 0.2) is 0 Å². The topological polar surface area (TPSA) is 65.5 Å². The van der Waals surface area contributed by atoms with Crippen molar-refractivity contribution in [1.82, 2.24) is 15.2 Å². The van der Waals surface area contributed by atoms with Gasteiger partial charge in [-0.1, -0.05) is 12.2 Å². The molecular formula is C15H20N4O2. The highest BCUT2D eigenvalue weighted by atomic mass is 16.2. The molecule has 0 radical (unpaired) electrons. The predicted molar refractivity (Wildman–Crippen MR) is 81.2 cm³/mol. The average Bonchev–Trinajstić information content (AvgIpc) is 2.46. The van der Waals surface area contributed by atoms with Crippen LogP contribution in [0.4, 0.5) is 5.69 Å². The lowest BCUT2D eigenvalue weighted by Crippen LogP contribution is -2.47. The van der Waals surface area contributed by atoms with Crippen molar-refractivity contribution in [2.24, 2.45) is 0 Å². The predicted octanol–water partition coefficient (Wildman–Crippen LogP) is 0.666. The summed E-state index contributed by atoms with van der Waals surface area (Å²) in [6.07, 6.45) is 1.60. The lowest BCUT2D eigenvalue weighted by atomic mass is 10.2. The first-order valence-corrected chi connectivity index (χ1v) is 6.85. The highest BCUT2D eigenvalue weighted by molar-refractivity contribution is 5.93. The second-order valence-corrected chi connectivity index (χ2v) is 5.29. The zero-order chi connectivity index (χ0) is 15.4. The third-order valence-corrected chi connectivity index (χ3v) is 3.22. The van der Waals surface area contributed by atoms with E-state index in [1.165, 1.54) is 0 Å². The first-order valence-electron chi connectivity index (χ1n) is 6.85. The van der Waals surface area contributed by atoms with E-state index in [1.54, 1.807) is 24.2 Å². The van der Waals surface area contributed by atoms with Crippen LogP contribution in [0.15, 0.2) is 30.5 Å². The summed E-state index contributed by atoms with van der Waals surface area (Å²) in [5.74, 6) is -0.161. The summed E-state index contributed by atoms with van der Waals surface area (Å²) < 4.78 is 0. The van der Waals surface area contributed by atoms with E-state index in [0.717, 1.165) is 17.8 Å². The van der Waals surface area contributed by atoms with Crippen molar-refractivity contribution in [2.45, 2.75) is 6.92 Å². The molecule has 1 aliphatic heterocycles. The number of anilines is 1. The van der Waals surface area contributed by atoms with Gasteiger partial charge in [-0.15, -0.1) is 0 Å². The van der Waals surface area contributed by atoms with Crippen molar-refractivity contribution in [2.75, 3.05) is 38.1 Å². The average molecular weight is 288 g/mol. The summed E-state index contributed by atoms with van der Waals surface area (Å²) in [4.78, 5) is 31.4. The molecule has 0 spiro atoms. The first-order chi connectivity index (χ1) is 9.97. The third-order valence-electron chi connectivity index (χ3n) is 3.22. The van der Waals surface area contributed by atoms with Crippen molar-refractivity contribution in [3.8, 4) is 0 Å². The number of amides is 2. The van der Waals surface area contributed by atoms with Crippen LogP contribution in [0.25, 0.3) is 0 Å². The minimum atomic E-state index is -0.152. The fourth-order valence-corrected chi connectivity index (χ4v) is 2.26. The van der Waals surface area contributed by atoms with Gasteiger partial charge in [-0.3, -0.25) is 14.6 Å². The molecule has 1 saturated heterocycles. The molecule has 1 aromatic rings. The van der Waals surface area contributed by atoms with Gasteiger partial charge in [0, 0.05) is 38.6 Å². The molecule has 2 rings (SSSR count). The molecule has 0 aliphatic carbocycles. The number of pyridine rings is 1. The number of likely N-dealkylation sites (N-methyl/N-ethyl adjacent to an activating group) is 1. The Balaban J connectivity index is 2.15. The summed E-state index contributed by atoms with van der Waals surface area (Å²) in [5, 5.41) is 2.78. The SMILES string of the molecule is C=C(C)CN(C)C(=O)c1cc(N2CCNC(=O)C2)ccn1. The van der Waals surface area contributed by atoms with E-state index >= 15 is 0 Å². The molecule has 1 aliphatic rings. The maximum Gasteiger partial charge on any atom is 0.272 e. The third kappa shape index (κ3) is 3.81. The van der Waals surface area contributed by atoms with E-state index < -0.39 is 0 Å². The monoisotopic (exact) mass is 288 g/mol. The summed E-state index contributed by atoms with van der Waals surface area (Å²) in [5.41, 5.74) is 2.13. The number of carbonyl (C=O) groups is 2. The van der Waals surface area contributed by atoms with Crippen molar-refractivity contribution in [3.05, 3.63) is 36.2 Å². The van der Waals surface area contributed by atoms with Crippen LogP contribution < -0.4 is 10.2 Å². The van der Waals surface area contributed by atoms with Crippen molar-refractivity contribution >= 4 is 17.5 Å². The summed E-state index contributed by atoms with van der Waals surface area (Å²) >= 11 is 0. The normalized spacial score (nSPS) is 14.6. The molecule has 0 unspecified atom stereocenters. The molecule has 0 saturated carbocycles. The van der Waals surface area contributed by atoms with Gasteiger partial charge in [0.2, 0.25) is 5.91 Å². The molecule has 0 aromatic carbocycles. The van der Waals surface area contributed by atoms with Crippen LogP contribution in [-0.4, -0.2) is 54.9 Å². The van der Waals surface area contributed by atoms with Gasteiger partial charge < -0.3 is 15.1 Å². The Labute approximate surface area is 124 Å². The zero-order valence-corrected chi connectivity index (χ0v) is 12.4. The molecule has 1 N–H and O–H groups in total. The number of nitrogens with one attached hydrogen (secondary N) is 1. The van der Waals surface area contributed by atoms with Gasteiger partial charge in [0.1, 0.15) is 5.69 Å². The fourth-order valence-electron chi connectivity index (χ4n) is 2.26. The van der Waals surface area contributed by atoms with Gasteiger partial charge in [-0.05, 0) is 19.1 Å². The molecule has 1 fully saturated rings. The molecular weight excluding hydrogens is 268 g/mol. The second-order valence-electron chi connectivity index (χ2n) is 5.29. The minimum Gasteiger partial charge on any atom is -0.360 e. The maximum atomic E-state index is 12.3. The lowest BCUT2D eigenvalue weighted by Gasteiger charge is -2.28. The molecule has 6 heteroatoms. The molecule has 0 atom stereocenters. The maximum absolute atomic E-state index is 12.3. The number of hydrogen-bond acceptors (Lipinski definition) is 4. The van der Waals surface area contributed by atoms with E-state index in [9.17, 15) is 9.59 Å².